The second kappa shape index (κ2) is 9.29. The molecule has 1 aliphatic heterocycles. The van der Waals surface area contributed by atoms with Crippen molar-refractivity contribution < 1.29 is 22.7 Å². The molecule has 13 heteroatoms. The molecular formula is C24H27F3N8O2. The fraction of sp³-hybridized carbons (Fsp3) is 0.458. The third-order valence-electron chi connectivity index (χ3n) is 6.86. The lowest BCUT2D eigenvalue weighted by atomic mass is 10.1. The Hall–Kier alpha value is -3.74. The molecule has 37 heavy (non-hydrogen) atoms. The normalized spacial score (nSPS) is 21.9. The summed E-state index contributed by atoms with van der Waals surface area (Å²) in [6.45, 7) is 4.06. The zero-order valence-electron chi connectivity index (χ0n) is 20.7. The number of aryl methyl sites for hydroxylation is 1. The number of carbonyl (C=O) groups excluding carboxylic acids is 1. The quantitative estimate of drug-likeness (QED) is 0.491. The fourth-order valence-electron chi connectivity index (χ4n) is 4.66. The van der Waals surface area contributed by atoms with Crippen LogP contribution in [0.25, 0.3) is 0 Å². The zero-order valence-corrected chi connectivity index (χ0v) is 20.7. The number of hydrogen-bond acceptors (Lipinski definition) is 8. The molecule has 0 unspecified atom stereocenters. The Kier molecular flexibility index (Phi) is 6.26. The van der Waals surface area contributed by atoms with E-state index in [0.29, 0.717) is 29.7 Å². The minimum Gasteiger partial charge on any atom is -0.379 e. The maximum atomic E-state index is 12.8. The van der Waals surface area contributed by atoms with Crippen LogP contribution in [0.15, 0.2) is 30.7 Å². The first-order valence-electron chi connectivity index (χ1n) is 11.8. The van der Waals surface area contributed by atoms with E-state index in [1.807, 2.05) is 17.8 Å². The molecular weight excluding hydrogens is 489 g/mol. The van der Waals surface area contributed by atoms with Gasteiger partial charge in [0.05, 0.1) is 24.0 Å². The SMILES string of the molecule is CO[C@H](C)[C@H]1C(=O)Nc2c(C)nc(NCc3cnn([C@@H]4C[C@H]4c4ccc(C(F)(F)F)nc4)c3)nc2N1C. The van der Waals surface area contributed by atoms with Gasteiger partial charge in [0.2, 0.25) is 11.9 Å². The minimum absolute atomic E-state index is 0.0755. The van der Waals surface area contributed by atoms with Crippen molar-refractivity contribution in [2.24, 2.45) is 0 Å². The first kappa shape index (κ1) is 24.9. The van der Waals surface area contributed by atoms with Crippen LogP contribution in [-0.2, 0) is 22.3 Å². The van der Waals surface area contributed by atoms with E-state index in [0.717, 1.165) is 23.6 Å². The molecule has 3 aromatic heterocycles. The number of ether oxygens (including phenoxy) is 1. The smallest absolute Gasteiger partial charge is 0.379 e. The average molecular weight is 517 g/mol. The largest absolute Gasteiger partial charge is 0.433 e. The number of nitrogens with one attached hydrogen (secondary N) is 2. The van der Waals surface area contributed by atoms with Gasteiger partial charge < -0.3 is 20.3 Å². The van der Waals surface area contributed by atoms with E-state index in [9.17, 15) is 18.0 Å². The first-order chi connectivity index (χ1) is 17.6. The number of halogens is 3. The summed E-state index contributed by atoms with van der Waals surface area (Å²) in [7, 11) is 3.36. The standard InChI is InChI=1S/C24H27F3N8O2/c1-12-19-21(34(3)20(13(2)37-4)22(36)32-19)33-23(31-12)29-8-14-9-30-35(11-14)17-7-16(17)15-5-6-18(28-10-15)24(25,26)27/h5-6,9-11,13,16-17,20H,7-8H2,1-4H3,(H,32,36)(H,29,31,33)/t13-,16+,17-,20+/m1/s1. The van der Waals surface area contributed by atoms with Crippen LogP contribution in [0.4, 0.5) is 30.6 Å². The number of rotatable bonds is 7. The fourth-order valence-corrected chi connectivity index (χ4v) is 4.66. The number of nitrogens with zero attached hydrogens (tertiary/aromatic N) is 6. The molecule has 2 aliphatic rings. The molecule has 1 saturated carbocycles. The predicted octanol–water partition coefficient (Wildman–Crippen LogP) is 3.53. The number of alkyl halides is 3. The van der Waals surface area contributed by atoms with Crippen molar-refractivity contribution in [1.29, 1.82) is 0 Å². The van der Waals surface area contributed by atoms with E-state index < -0.39 is 17.9 Å². The maximum absolute atomic E-state index is 12.8. The topological polar surface area (TPSA) is 110 Å². The predicted molar refractivity (Wildman–Crippen MR) is 129 cm³/mol. The lowest BCUT2D eigenvalue weighted by Crippen LogP contribution is -2.53. The highest BCUT2D eigenvalue weighted by molar-refractivity contribution is 6.03. The highest BCUT2D eigenvalue weighted by Crippen LogP contribution is 2.51. The summed E-state index contributed by atoms with van der Waals surface area (Å²) in [5, 5.41) is 10.5. The van der Waals surface area contributed by atoms with Crippen LogP contribution in [0, 0.1) is 6.92 Å². The van der Waals surface area contributed by atoms with Crippen LogP contribution in [-0.4, -0.2) is 56.9 Å². The molecule has 0 aromatic carbocycles. The second-order valence-electron chi connectivity index (χ2n) is 9.38. The molecule has 0 radical (unpaired) electrons. The van der Waals surface area contributed by atoms with E-state index in [2.05, 4.69) is 30.7 Å². The van der Waals surface area contributed by atoms with Crippen LogP contribution in [0.2, 0.25) is 0 Å². The van der Waals surface area contributed by atoms with Gasteiger partial charge in [0, 0.05) is 44.6 Å². The number of aromatic nitrogens is 5. The summed E-state index contributed by atoms with van der Waals surface area (Å²) in [5.74, 6) is 0.922. The highest BCUT2D eigenvalue weighted by atomic mass is 19.4. The molecule has 0 bridgehead atoms. The van der Waals surface area contributed by atoms with E-state index in [1.165, 1.54) is 12.3 Å². The van der Waals surface area contributed by atoms with Crippen molar-refractivity contribution >= 4 is 23.4 Å². The Balaban J connectivity index is 1.24. The molecule has 196 valence electrons. The lowest BCUT2D eigenvalue weighted by molar-refractivity contribution is -0.141. The van der Waals surface area contributed by atoms with Gasteiger partial charge in [-0.2, -0.15) is 23.3 Å². The van der Waals surface area contributed by atoms with Gasteiger partial charge >= 0.3 is 6.18 Å². The number of anilines is 3. The Morgan fingerprint density at radius 3 is 2.73 bits per heavy atom. The van der Waals surface area contributed by atoms with E-state index in [1.54, 1.807) is 32.2 Å². The summed E-state index contributed by atoms with van der Waals surface area (Å²) in [6, 6.07) is 2.06. The molecule has 1 amide bonds. The van der Waals surface area contributed by atoms with Crippen LogP contribution in [0.5, 0.6) is 0 Å². The van der Waals surface area contributed by atoms with Gasteiger partial charge in [-0.3, -0.25) is 14.5 Å². The average Bonchev–Trinajstić information content (AvgIpc) is 3.52. The van der Waals surface area contributed by atoms with Gasteiger partial charge in [-0.15, -0.1) is 0 Å². The van der Waals surface area contributed by atoms with Crippen molar-refractivity contribution in [2.45, 2.75) is 57.1 Å². The van der Waals surface area contributed by atoms with Gasteiger partial charge in [0.25, 0.3) is 0 Å². The summed E-state index contributed by atoms with van der Waals surface area (Å²) in [4.78, 5) is 27.0. The molecule has 4 heterocycles. The maximum Gasteiger partial charge on any atom is 0.433 e. The first-order valence-corrected chi connectivity index (χ1v) is 11.8. The molecule has 4 atom stereocenters. The summed E-state index contributed by atoms with van der Waals surface area (Å²) >= 11 is 0. The van der Waals surface area contributed by atoms with Crippen LogP contribution in [0.3, 0.4) is 0 Å². The van der Waals surface area contributed by atoms with Crippen molar-refractivity contribution in [3.05, 3.63) is 53.2 Å². The van der Waals surface area contributed by atoms with Crippen molar-refractivity contribution in [1.82, 2.24) is 24.7 Å². The molecule has 0 spiro atoms. The summed E-state index contributed by atoms with van der Waals surface area (Å²) in [6.07, 6.45) is 0.949. The van der Waals surface area contributed by atoms with Crippen molar-refractivity contribution in [2.75, 3.05) is 29.7 Å². The zero-order chi connectivity index (χ0) is 26.5. The van der Waals surface area contributed by atoms with Crippen LogP contribution in [0.1, 0.15) is 47.8 Å². The number of methoxy groups -OCH3 is 1. The van der Waals surface area contributed by atoms with Crippen LogP contribution < -0.4 is 15.5 Å². The number of likely N-dealkylation sites (N-methyl/N-ethyl adjacent to an activating group) is 1. The monoisotopic (exact) mass is 516 g/mol. The summed E-state index contributed by atoms with van der Waals surface area (Å²) in [5.41, 5.74) is 1.99. The minimum atomic E-state index is -4.45. The molecule has 5 rings (SSSR count). The second-order valence-corrected chi connectivity index (χ2v) is 9.38. The van der Waals surface area contributed by atoms with Gasteiger partial charge in [-0.25, -0.2) is 4.98 Å². The number of fused-ring (bicyclic) bond motifs is 1. The Morgan fingerprint density at radius 2 is 2.05 bits per heavy atom. The molecule has 0 saturated heterocycles. The van der Waals surface area contributed by atoms with Crippen molar-refractivity contribution in [3.63, 3.8) is 0 Å². The lowest BCUT2D eigenvalue weighted by Gasteiger charge is -2.37. The summed E-state index contributed by atoms with van der Waals surface area (Å²) < 4.78 is 45.5. The third kappa shape index (κ3) is 4.82. The van der Waals surface area contributed by atoms with E-state index >= 15 is 0 Å². The molecule has 3 aromatic rings. The Bertz CT molecular complexity index is 1310. The van der Waals surface area contributed by atoms with E-state index in [4.69, 9.17) is 4.74 Å². The molecule has 10 nitrogen and oxygen atoms in total. The number of pyridine rings is 1. The van der Waals surface area contributed by atoms with Gasteiger partial charge in [0.1, 0.15) is 17.4 Å². The van der Waals surface area contributed by atoms with E-state index in [-0.39, 0.29) is 24.0 Å². The number of hydrogen-bond donors (Lipinski definition) is 2. The van der Waals surface area contributed by atoms with Gasteiger partial charge in [-0.1, -0.05) is 6.07 Å². The van der Waals surface area contributed by atoms with Gasteiger partial charge in [0.15, 0.2) is 5.82 Å². The Morgan fingerprint density at radius 1 is 1.27 bits per heavy atom. The highest BCUT2D eigenvalue weighted by Gasteiger charge is 2.42. The van der Waals surface area contributed by atoms with Gasteiger partial charge in [-0.05, 0) is 31.9 Å². The molecule has 2 N–H and O–H groups in total. The molecule has 1 aliphatic carbocycles. The number of amides is 1. The van der Waals surface area contributed by atoms with Crippen LogP contribution >= 0.6 is 0 Å². The molecule has 1 fully saturated rings. The third-order valence-corrected chi connectivity index (χ3v) is 6.86. The number of carbonyl (C=O) groups is 1. The van der Waals surface area contributed by atoms with Crippen molar-refractivity contribution in [3.8, 4) is 0 Å². The Labute approximate surface area is 211 Å².